The minimum absolute atomic E-state index is 0.0727. The number of nitrogens with one attached hydrogen (secondary N) is 1. The number of aromatic nitrogens is 1. The number of carbonyl (C=O) groups is 3. The van der Waals surface area contributed by atoms with Gasteiger partial charge in [0.1, 0.15) is 11.3 Å². The third-order valence-corrected chi connectivity index (χ3v) is 6.44. The number of aryl methyl sites for hydroxylation is 1. The zero-order chi connectivity index (χ0) is 25.8. The van der Waals surface area contributed by atoms with Crippen LogP contribution in [0.3, 0.4) is 0 Å². The van der Waals surface area contributed by atoms with Gasteiger partial charge in [-0.1, -0.05) is 72.3 Å². The largest absolute Gasteiger partial charge is 0.492 e. The molecule has 0 bridgehead atoms. The summed E-state index contributed by atoms with van der Waals surface area (Å²) in [4.78, 5) is 39.3. The summed E-state index contributed by atoms with van der Waals surface area (Å²) in [6.45, 7) is 1.21. The van der Waals surface area contributed by atoms with Crippen LogP contribution in [0.1, 0.15) is 17.5 Å². The van der Waals surface area contributed by atoms with Crippen LogP contribution in [-0.2, 0) is 22.7 Å². The average Bonchev–Trinajstić information content (AvgIpc) is 3.26. The molecule has 8 heteroatoms. The Labute approximate surface area is 218 Å². The Morgan fingerprint density at radius 3 is 2.43 bits per heavy atom. The summed E-state index contributed by atoms with van der Waals surface area (Å²) in [7, 11) is 0. The van der Waals surface area contributed by atoms with Crippen LogP contribution in [0.5, 0.6) is 5.75 Å². The molecule has 0 aliphatic carbocycles. The predicted octanol–water partition coefficient (Wildman–Crippen LogP) is 5.43. The molecule has 1 saturated heterocycles. The van der Waals surface area contributed by atoms with E-state index in [2.05, 4.69) is 9.88 Å². The Bertz CT molecular complexity index is 1510. The molecular formula is C29H24ClN3O4. The van der Waals surface area contributed by atoms with Gasteiger partial charge in [-0.3, -0.25) is 19.8 Å². The Morgan fingerprint density at radius 2 is 1.62 bits per heavy atom. The monoisotopic (exact) mass is 513 g/mol. The molecule has 1 aromatic heterocycles. The SMILES string of the molecule is O=C1NC(=O)N(Cc2ccccc2)C(=O)/C1=C/c1cn(CCCOc2ccccc2Cl)c2ccccc12. The number of hydrogen-bond donors (Lipinski definition) is 1. The maximum Gasteiger partial charge on any atom is 0.331 e. The molecule has 1 N–H and O–H groups in total. The van der Waals surface area contributed by atoms with E-state index in [1.165, 1.54) is 0 Å². The van der Waals surface area contributed by atoms with E-state index in [1.54, 1.807) is 12.1 Å². The second kappa shape index (κ2) is 10.7. The number of amides is 4. The van der Waals surface area contributed by atoms with E-state index in [9.17, 15) is 14.4 Å². The van der Waals surface area contributed by atoms with Crippen molar-refractivity contribution >= 4 is 46.4 Å². The molecule has 5 rings (SSSR count). The zero-order valence-electron chi connectivity index (χ0n) is 19.9. The van der Waals surface area contributed by atoms with E-state index in [0.29, 0.717) is 23.9 Å². The van der Waals surface area contributed by atoms with Crippen molar-refractivity contribution in [3.63, 3.8) is 0 Å². The highest BCUT2D eigenvalue weighted by molar-refractivity contribution is 6.32. The molecule has 4 aromatic rings. The van der Waals surface area contributed by atoms with Gasteiger partial charge in [-0.15, -0.1) is 0 Å². The summed E-state index contributed by atoms with van der Waals surface area (Å²) >= 11 is 6.16. The molecule has 0 atom stereocenters. The van der Waals surface area contributed by atoms with Crippen LogP contribution in [0, 0.1) is 0 Å². The smallest absolute Gasteiger partial charge is 0.331 e. The maximum atomic E-state index is 13.2. The van der Waals surface area contributed by atoms with Crippen LogP contribution < -0.4 is 10.1 Å². The molecule has 0 unspecified atom stereocenters. The number of carbonyl (C=O) groups excluding carboxylic acids is 3. The van der Waals surface area contributed by atoms with Crippen molar-refractivity contribution in [1.29, 1.82) is 0 Å². The number of ether oxygens (including phenoxy) is 1. The Hall–Kier alpha value is -4.36. The molecule has 186 valence electrons. The van der Waals surface area contributed by atoms with E-state index in [1.807, 2.05) is 79.0 Å². The molecule has 0 saturated carbocycles. The Kier molecular flexibility index (Phi) is 7.05. The number of rotatable bonds is 8. The summed E-state index contributed by atoms with van der Waals surface area (Å²) in [5.41, 5.74) is 2.39. The minimum Gasteiger partial charge on any atom is -0.492 e. The molecule has 0 spiro atoms. The van der Waals surface area contributed by atoms with Crippen LogP contribution >= 0.6 is 11.6 Å². The molecule has 37 heavy (non-hydrogen) atoms. The van der Waals surface area contributed by atoms with Gasteiger partial charge in [-0.25, -0.2) is 4.79 Å². The molecule has 1 aliphatic heterocycles. The first kappa shape index (κ1) is 24.3. The number of benzene rings is 3. The highest BCUT2D eigenvalue weighted by atomic mass is 35.5. The van der Waals surface area contributed by atoms with Crippen molar-refractivity contribution in [3.05, 3.63) is 107 Å². The lowest BCUT2D eigenvalue weighted by atomic mass is 10.1. The molecule has 7 nitrogen and oxygen atoms in total. The van der Waals surface area contributed by atoms with Crippen molar-refractivity contribution in [2.24, 2.45) is 0 Å². The van der Waals surface area contributed by atoms with E-state index < -0.39 is 17.8 Å². The highest BCUT2D eigenvalue weighted by Gasteiger charge is 2.35. The maximum absolute atomic E-state index is 13.2. The number of nitrogens with zero attached hydrogens (tertiary/aromatic N) is 2. The molecule has 0 radical (unpaired) electrons. The highest BCUT2D eigenvalue weighted by Crippen LogP contribution is 2.26. The van der Waals surface area contributed by atoms with Gasteiger partial charge in [0.25, 0.3) is 11.8 Å². The van der Waals surface area contributed by atoms with Gasteiger partial charge in [0.05, 0.1) is 18.2 Å². The number of imide groups is 2. The molecular weight excluding hydrogens is 490 g/mol. The quantitative estimate of drug-likeness (QED) is 0.194. The topological polar surface area (TPSA) is 80.6 Å². The second-order valence-corrected chi connectivity index (χ2v) is 9.03. The van der Waals surface area contributed by atoms with Gasteiger partial charge in [0, 0.05) is 29.2 Å². The van der Waals surface area contributed by atoms with Crippen LogP contribution in [0.25, 0.3) is 17.0 Å². The first-order valence-electron chi connectivity index (χ1n) is 11.9. The molecule has 1 fully saturated rings. The summed E-state index contributed by atoms with van der Waals surface area (Å²) in [6, 6.07) is 23.6. The van der Waals surface area contributed by atoms with Gasteiger partial charge >= 0.3 is 6.03 Å². The number of hydrogen-bond acceptors (Lipinski definition) is 4. The minimum atomic E-state index is -0.725. The van der Waals surface area contributed by atoms with Crippen molar-refractivity contribution in [1.82, 2.24) is 14.8 Å². The summed E-state index contributed by atoms with van der Waals surface area (Å²) in [6.07, 6.45) is 4.19. The summed E-state index contributed by atoms with van der Waals surface area (Å²) in [5, 5.41) is 3.76. The van der Waals surface area contributed by atoms with Gasteiger partial charge in [0.15, 0.2) is 0 Å². The van der Waals surface area contributed by atoms with E-state index >= 15 is 0 Å². The number of halogens is 1. The summed E-state index contributed by atoms with van der Waals surface area (Å²) in [5.74, 6) is -0.685. The fourth-order valence-corrected chi connectivity index (χ4v) is 4.50. The van der Waals surface area contributed by atoms with E-state index in [-0.39, 0.29) is 12.1 Å². The second-order valence-electron chi connectivity index (χ2n) is 8.62. The molecule has 3 aromatic carbocycles. The molecule has 2 heterocycles. The number of para-hydroxylation sites is 2. The van der Waals surface area contributed by atoms with Gasteiger partial charge in [0.2, 0.25) is 0 Å². The van der Waals surface area contributed by atoms with Crippen molar-refractivity contribution in [2.45, 2.75) is 19.5 Å². The van der Waals surface area contributed by atoms with Gasteiger partial charge in [-0.05, 0) is 36.3 Å². The number of fused-ring (bicyclic) bond motifs is 1. The zero-order valence-corrected chi connectivity index (χ0v) is 20.6. The van der Waals surface area contributed by atoms with Crippen molar-refractivity contribution in [2.75, 3.05) is 6.61 Å². The third-order valence-electron chi connectivity index (χ3n) is 6.13. The lowest BCUT2D eigenvalue weighted by Crippen LogP contribution is -2.53. The average molecular weight is 514 g/mol. The van der Waals surface area contributed by atoms with Gasteiger partial charge < -0.3 is 9.30 Å². The van der Waals surface area contributed by atoms with Crippen molar-refractivity contribution in [3.8, 4) is 5.75 Å². The van der Waals surface area contributed by atoms with Gasteiger partial charge in [-0.2, -0.15) is 0 Å². The fraction of sp³-hybridized carbons (Fsp3) is 0.138. The molecule has 1 aliphatic rings. The predicted molar refractivity (Wildman–Crippen MR) is 142 cm³/mol. The lowest BCUT2D eigenvalue weighted by Gasteiger charge is -2.26. The third kappa shape index (κ3) is 5.27. The number of urea groups is 1. The van der Waals surface area contributed by atoms with E-state index in [0.717, 1.165) is 33.4 Å². The first-order chi connectivity index (χ1) is 18.0. The molecule has 4 amide bonds. The van der Waals surface area contributed by atoms with E-state index in [4.69, 9.17) is 16.3 Å². The van der Waals surface area contributed by atoms with Crippen LogP contribution in [-0.4, -0.2) is 33.9 Å². The lowest BCUT2D eigenvalue weighted by molar-refractivity contribution is -0.130. The Balaban J connectivity index is 1.37. The van der Waals surface area contributed by atoms with Crippen LogP contribution in [0.2, 0.25) is 5.02 Å². The van der Waals surface area contributed by atoms with Crippen LogP contribution in [0.15, 0.2) is 90.6 Å². The number of barbiturate groups is 1. The standard InChI is InChI=1S/C29H24ClN3O4/c30-24-12-5-7-14-26(24)37-16-8-15-32-19-21(22-11-4-6-13-25(22)32)17-23-27(34)31-29(36)33(28(23)35)18-20-9-2-1-3-10-20/h1-7,9-14,17,19H,8,15-16,18H2,(H,31,34,36)/b23-17+. The van der Waals surface area contributed by atoms with Crippen molar-refractivity contribution < 1.29 is 19.1 Å². The Morgan fingerprint density at radius 1 is 0.892 bits per heavy atom. The first-order valence-corrected chi connectivity index (χ1v) is 12.3. The summed E-state index contributed by atoms with van der Waals surface area (Å²) < 4.78 is 7.87. The normalized spacial score (nSPS) is 14.9. The fourth-order valence-electron chi connectivity index (χ4n) is 4.31. The van der Waals surface area contributed by atoms with Crippen LogP contribution in [0.4, 0.5) is 4.79 Å².